The zero-order valence-electron chi connectivity index (χ0n) is 59.6. The van der Waals surface area contributed by atoms with Gasteiger partial charge in [-0.25, -0.2) is 18.7 Å². The summed E-state index contributed by atoms with van der Waals surface area (Å²) < 4.78 is 37.3. The van der Waals surface area contributed by atoms with E-state index in [1.54, 1.807) is 23.8 Å². The molecule has 6 aliphatic heterocycles. The van der Waals surface area contributed by atoms with Crippen LogP contribution in [0.1, 0.15) is 159 Å². The first-order valence-electron chi connectivity index (χ1n) is 37.3. The number of piperazine rings is 1. The van der Waals surface area contributed by atoms with Gasteiger partial charge in [0.15, 0.2) is 0 Å². The predicted molar refractivity (Wildman–Crippen MR) is 379 cm³/mol. The summed E-state index contributed by atoms with van der Waals surface area (Å²) in [6.07, 6.45) is 15.4. The number of nitrogens with zero attached hydrogens (tertiary/aromatic N) is 8. The number of piperidine rings is 2. The zero-order valence-corrected chi connectivity index (χ0v) is 59.6. The molecule has 8 N–H and O–H groups in total. The number of carbonyl (C=O) groups is 7. The number of ether oxygens (including phenoxy) is 1. The number of rotatable bonds is 29. The summed E-state index contributed by atoms with van der Waals surface area (Å²) in [5.41, 5.74) is 2.61. The number of likely N-dealkylation sites (N-methyl/N-ethyl adjacent to an activating group) is 1. The molecule has 7 amide bonds. The Morgan fingerprint density at radius 1 is 0.730 bits per heavy atom. The summed E-state index contributed by atoms with van der Waals surface area (Å²) in [5, 5.41) is 24.8. The van der Waals surface area contributed by atoms with Crippen molar-refractivity contribution in [3.63, 3.8) is 0 Å². The van der Waals surface area contributed by atoms with Gasteiger partial charge in [-0.1, -0.05) is 57.4 Å². The number of hydrogen-bond donors (Lipinski definition) is 8. The molecule has 548 valence electrons. The van der Waals surface area contributed by atoms with Crippen LogP contribution in [0.25, 0.3) is 0 Å². The molecule has 6 saturated heterocycles. The highest BCUT2D eigenvalue weighted by Crippen LogP contribution is 2.40. The van der Waals surface area contributed by atoms with Gasteiger partial charge in [-0.05, 0) is 158 Å². The fourth-order valence-corrected chi connectivity index (χ4v) is 16.6. The fourth-order valence-electron chi connectivity index (χ4n) is 16.6. The second-order valence-electron chi connectivity index (χ2n) is 30.7. The lowest BCUT2D eigenvalue weighted by molar-refractivity contribution is -0.143. The Labute approximate surface area is 589 Å². The summed E-state index contributed by atoms with van der Waals surface area (Å²) >= 11 is 0. The SMILES string of the molecule is CN[C@@H](C)C(=O)N[C@H](C(=O)N1C[C@@H](NC(=O)CCC(=O)NCCOCCN2CC[C@]3(CCN(CCC(=O)NCCCNc4cc(N5CCC6(CC5)CN(c5cc(F)c(CN7CCC(C)(C)CC7)cc5F)CC(=O)N6)ncn4)C3)C2)C[C@H]1C(=O)NC1CCCc2ccccc21)C1CCCCC1. The smallest absolute Gasteiger partial charge is 0.246 e. The number of likely N-dealkylation sites (tertiary alicyclic amines) is 4. The van der Waals surface area contributed by atoms with Crippen molar-refractivity contribution in [1.82, 2.24) is 66.8 Å². The number of carbonyl (C=O) groups excluding carboxylic acids is 7. The van der Waals surface area contributed by atoms with Crippen LogP contribution in [-0.4, -0.2) is 226 Å². The first-order valence-corrected chi connectivity index (χ1v) is 37.3. The Morgan fingerprint density at radius 2 is 1.45 bits per heavy atom. The van der Waals surface area contributed by atoms with Crippen LogP contribution in [0.4, 0.5) is 26.1 Å². The lowest BCUT2D eigenvalue weighted by atomic mass is 9.82. The molecule has 0 bridgehead atoms. The summed E-state index contributed by atoms with van der Waals surface area (Å²) in [7, 11) is 1.70. The molecule has 8 aliphatic rings. The van der Waals surface area contributed by atoms with Gasteiger partial charge in [-0.3, -0.25) is 38.5 Å². The van der Waals surface area contributed by atoms with Gasteiger partial charge in [0.25, 0.3) is 0 Å². The van der Waals surface area contributed by atoms with Crippen LogP contribution in [0.5, 0.6) is 0 Å². The van der Waals surface area contributed by atoms with E-state index in [-0.39, 0.29) is 102 Å². The summed E-state index contributed by atoms with van der Waals surface area (Å²) in [6.45, 7) is 17.6. The van der Waals surface area contributed by atoms with Gasteiger partial charge in [0.2, 0.25) is 41.4 Å². The van der Waals surface area contributed by atoms with Gasteiger partial charge in [0.1, 0.15) is 41.7 Å². The number of fused-ring (bicyclic) bond motifs is 1. The van der Waals surface area contributed by atoms with E-state index in [0.29, 0.717) is 103 Å². The molecule has 1 saturated carbocycles. The van der Waals surface area contributed by atoms with E-state index in [4.69, 9.17) is 4.74 Å². The number of aromatic nitrogens is 2. The van der Waals surface area contributed by atoms with Crippen molar-refractivity contribution in [2.24, 2.45) is 16.7 Å². The first kappa shape index (κ1) is 74.1. The summed E-state index contributed by atoms with van der Waals surface area (Å²) in [6, 6.07) is 9.69. The minimum absolute atomic E-state index is 0.0289. The molecule has 11 rings (SSSR count). The van der Waals surface area contributed by atoms with Crippen molar-refractivity contribution in [2.45, 2.75) is 185 Å². The van der Waals surface area contributed by atoms with E-state index in [1.807, 2.05) is 24.3 Å². The van der Waals surface area contributed by atoms with E-state index in [9.17, 15) is 33.6 Å². The molecule has 2 spiro atoms. The lowest BCUT2D eigenvalue weighted by Crippen LogP contribution is -2.66. The summed E-state index contributed by atoms with van der Waals surface area (Å²) in [5.74, 6) is -1.27. The average molecular weight is 1390 g/mol. The molecule has 24 nitrogen and oxygen atoms in total. The van der Waals surface area contributed by atoms with Crippen LogP contribution < -0.4 is 52.3 Å². The topological polar surface area (TPSA) is 270 Å². The maximum absolute atomic E-state index is 15.8. The number of nitrogens with one attached hydrogen (secondary N) is 8. The molecule has 6 atom stereocenters. The number of aryl methyl sites for hydroxylation is 1. The van der Waals surface area contributed by atoms with Crippen LogP contribution in [0.3, 0.4) is 0 Å². The minimum Gasteiger partial charge on any atom is -0.378 e. The van der Waals surface area contributed by atoms with Gasteiger partial charge in [0, 0.05) is 122 Å². The Balaban J connectivity index is 0.534. The van der Waals surface area contributed by atoms with E-state index in [0.717, 1.165) is 134 Å². The largest absolute Gasteiger partial charge is 0.378 e. The number of anilines is 3. The van der Waals surface area contributed by atoms with Crippen molar-refractivity contribution in [3.05, 3.63) is 77.1 Å². The van der Waals surface area contributed by atoms with E-state index >= 15 is 8.78 Å². The molecular formula is C74H110F2N16O8. The number of hydrogen-bond acceptors (Lipinski definition) is 17. The normalized spacial score (nSPS) is 24.0. The standard InChI is InChI=1S/C74H110F2N16O8/c1-51(77-4)69(97)85-68(53-13-6-5-7-14-53)71(99)92-45-55(41-61(92)70(98)84-59-17-10-15-52-12-8-9-16-56(52)59)83-66(95)19-18-64(93)80-29-38-100-39-37-89-34-24-73(48-89)23-33-88(47-73)30-20-65(94)79-28-11-27-78-62-43-63(82-50-81-62)90-35-25-74(26-36-90)49-91(46-67(96)86-74)60-42-57(75)54(40-58(60)76)44-87-31-21-72(2,3)22-32-87/h8-9,12,16,40,42-43,50-51,53,55,59,61,68,77H,5-7,10-11,13-15,17-39,41,44-49H2,1-4H3,(H,79,94)(H,80,93)(H,83,95)(H,84,98)(H,85,97)(H,86,96)(H,78,81,82)/t51-,55-,59?,61-,68-,73-/m0/s1. The third-order valence-corrected chi connectivity index (χ3v) is 22.8. The third kappa shape index (κ3) is 19.7. The van der Waals surface area contributed by atoms with Crippen LogP contribution in [0, 0.1) is 28.4 Å². The van der Waals surface area contributed by atoms with E-state index in [2.05, 4.69) is 92.0 Å². The van der Waals surface area contributed by atoms with Crippen LogP contribution >= 0.6 is 0 Å². The highest BCUT2D eigenvalue weighted by Gasteiger charge is 2.47. The van der Waals surface area contributed by atoms with Crippen LogP contribution in [-0.2, 0) is 51.3 Å². The van der Waals surface area contributed by atoms with Gasteiger partial charge in [-0.15, -0.1) is 0 Å². The maximum Gasteiger partial charge on any atom is 0.246 e. The van der Waals surface area contributed by atoms with Gasteiger partial charge >= 0.3 is 0 Å². The van der Waals surface area contributed by atoms with Crippen molar-refractivity contribution >= 4 is 58.7 Å². The quantitative estimate of drug-likeness (QED) is 0.0429. The Bertz CT molecular complexity index is 3320. The minimum atomic E-state index is -0.859. The van der Waals surface area contributed by atoms with Crippen molar-refractivity contribution in [2.75, 3.05) is 140 Å². The summed E-state index contributed by atoms with van der Waals surface area (Å²) in [4.78, 5) is 116. The molecule has 1 aromatic heterocycles. The highest BCUT2D eigenvalue weighted by atomic mass is 19.1. The first-order chi connectivity index (χ1) is 48.2. The molecule has 0 radical (unpaired) electrons. The van der Waals surface area contributed by atoms with Gasteiger partial charge < -0.3 is 71.8 Å². The molecule has 7 heterocycles. The molecular weight excluding hydrogens is 1280 g/mol. The molecule has 26 heteroatoms. The van der Waals surface area contributed by atoms with Crippen LogP contribution in [0.2, 0.25) is 0 Å². The molecule has 1 unspecified atom stereocenters. The Hall–Kier alpha value is -7.13. The molecule has 100 heavy (non-hydrogen) atoms. The second kappa shape index (κ2) is 34.2. The van der Waals surface area contributed by atoms with Crippen molar-refractivity contribution < 1.29 is 47.1 Å². The van der Waals surface area contributed by atoms with E-state index in [1.165, 1.54) is 24.0 Å². The maximum atomic E-state index is 15.8. The zero-order chi connectivity index (χ0) is 70.4. The van der Waals surface area contributed by atoms with Crippen LogP contribution in [0.15, 0.2) is 48.8 Å². The van der Waals surface area contributed by atoms with Crippen molar-refractivity contribution in [3.8, 4) is 0 Å². The molecule has 2 aromatic carbocycles. The predicted octanol–water partition coefficient (Wildman–Crippen LogP) is 4.92. The Morgan fingerprint density at radius 3 is 2.22 bits per heavy atom. The van der Waals surface area contributed by atoms with Gasteiger partial charge in [0.05, 0.1) is 43.1 Å². The molecule has 7 fully saturated rings. The second-order valence-corrected chi connectivity index (χ2v) is 30.7. The molecule has 2 aliphatic carbocycles. The molecule has 3 aromatic rings. The number of amides is 7. The monoisotopic (exact) mass is 1390 g/mol. The lowest BCUT2D eigenvalue weighted by Gasteiger charge is -2.48. The number of benzene rings is 2. The number of halogens is 2. The van der Waals surface area contributed by atoms with Crippen molar-refractivity contribution in [1.29, 1.82) is 0 Å². The highest BCUT2D eigenvalue weighted by molar-refractivity contribution is 5.94. The van der Waals surface area contributed by atoms with E-state index < -0.39 is 41.3 Å². The van der Waals surface area contributed by atoms with Gasteiger partial charge in [-0.2, -0.15) is 0 Å². The fraction of sp³-hybridized carbons (Fsp3) is 0.689. The Kier molecular flexibility index (Phi) is 25.4. The average Bonchev–Trinajstić information content (AvgIpc) is 1.29. The third-order valence-electron chi connectivity index (χ3n) is 22.8.